The number of hydrogen-bond acceptors (Lipinski definition) is 2. The molecule has 0 aliphatic rings. The maximum Gasteiger partial charge on any atom is 0.247 e. The molecule has 0 bridgehead atoms. The van der Waals surface area contributed by atoms with Crippen LogP contribution in [0, 0.1) is 5.92 Å². The summed E-state index contributed by atoms with van der Waals surface area (Å²) in [6.07, 6.45) is 0.856. The summed E-state index contributed by atoms with van der Waals surface area (Å²) in [5.41, 5.74) is 2.90. The van der Waals surface area contributed by atoms with E-state index in [1.807, 2.05) is 73.3 Å². The second kappa shape index (κ2) is 7.73. The fraction of sp³-hybridized carbons (Fsp3) is 0.364. The number of benzene rings is 2. The second-order valence-electron chi connectivity index (χ2n) is 7.39. The van der Waals surface area contributed by atoms with Gasteiger partial charge in [-0.3, -0.25) is 4.79 Å². The maximum atomic E-state index is 13.2. The molecule has 0 unspecified atom stereocenters. The molecule has 3 rings (SSSR count). The molecule has 0 saturated carbocycles. The van der Waals surface area contributed by atoms with Gasteiger partial charge in [-0.2, -0.15) is 0 Å². The van der Waals surface area contributed by atoms with E-state index in [1.165, 1.54) is 0 Å². The molecule has 0 spiro atoms. The number of rotatable bonds is 6. The summed E-state index contributed by atoms with van der Waals surface area (Å²) in [4.78, 5) is 19.9. The third kappa shape index (κ3) is 3.79. The molecular weight excluding hydrogens is 322 g/mol. The second-order valence-corrected chi connectivity index (χ2v) is 7.39. The van der Waals surface area contributed by atoms with Crippen LogP contribution >= 0.6 is 0 Å². The van der Waals surface area contributed by atoms with Crippen LogP contribution in [-0.2, 0) is 17.8 Å². The monoisotopic (exact) mass is 349 g/mol. The van der Waals surface area contributed by atoms with E-state index in [4.69, 9.17) is 4.98 Å². The van der Waals surface area contributed by atoms with Gasteiger partial charge in [0.15, 0.2) is 0 Å². The van der Waals surface area contributed by atoms with E-state index in [2.05, 4.69) is 18.4 Å². The molecule has 26 heavy (non-hydrogen) atoms. The molecule has 2 aromatic carbocycles. The van der Waals surface area contributed by atoms with Gasteiger partial charge in [0.2, 0.25) is 5.91 Å². The maximum absolute atomic E-state index is 13.2. The highest BCUT2D eigenvalue weighted by Gasteiger charge is 2.22. The Kier molecular flexibility index (Phi) is 5.40. The van der Waals surface area contributed by atoms with E-state index in [9.17, 15) is 4.79 Å². The number of hydrogen-bond donors (Lipinski definition) is 0. The molecule has 0 fully saturated rings. The summed E-state index contributed by atoms with van der Waals surface area (Å²) >= 11 is 0. The van der Waals surface area contributed by atoms with Crippen molar-refractivity contribution in [2.24, 2.45) is 5.92 Å². The van der Waals surface area contributed by atoms with Crippen molar-refractivity contribution in [1.29, 1.82) is 0 Å². The average Bonchev–Trinajstić information content (AvgIpc) is 2.92. The summed E-state index contributed by atoms with van der Waals surface area (Å²) in [6, 6.07) is 18.0. The van der Waals surface area contributed by atoms with Crippen LogP contribution in [-0.4, -0.2) is 21.5 Å². The van der Waals surface area contributed by atoms with Gasteiger partial charge in [-0.15, -0.1) is 0 Å². The minimum atomic E-state index is 0.0827. The van der Waals surface area contributed by atoms with E-state index in [1.54, 1.807) is 0 Å². The standard InChI is InChI=1S/C22H27N3O/c1-16(2)14-21-23-19-12-8-9-13-20(19)24(21)15-22(26)25(17(3)4)18-10-6-5-7-11-18/h5-13,16-17H,14-15H2,1-4H3. The van der Waals surface area contributed by atoms with Crippen molar-refractivity contribution in [3.63, 3.8) is 0 Å². The smallest absolute Gasteiger partial charge is 0.247 e. The largest absolute Gasteiger partial charge is 0.318 e. The SMILES string of the molecule is CC(C)Cc1nc2ccccc2n1CC(=O)N(c1ccccc1)C(C)C. The topological polar surface area (TPSA) is 38.1 Å². The van der Waals surface area contributed by atoms with Crippen molar-refractivity contribution in [3.05, 3.63) is 60.4 Å². The van der Waals surface area contributed by atoms with Gasteiger partial charge < -0.3 is 9.47 Å². The zero-order valence-electron chi connectivity index (χ0n) is 16.0. The van der Waals surface area contributed by atoms with E-state index < -0.39 is 0 Å². The number of fused-ring (bicyclic) bond motifs is 1. The molecule has 1 heterocycles. The number of nitrogens with zero attached hydrogens (tertiary/aromatic N) is 3. The molecule has 0 aliphatic carbocycles. The molecule has 136 valence electrons. The van der Waals surface area contributed by atoms with Crippen LogP contribution in [0.5, 0.6) is 0 Å². The lowest BCUT2D eigenvalue weighted by atomic mass is 10.1. The third-order valence-corrected chi connectivity index (χ3v) is 4.44. The van der Waals surface area contributed by atoms with Crippen LogP contribution in [0.25, 0.3) is 11.0 Å². The normalized spacial score (nSPS) is 11.5. The number of carbonyl (C=O) groups is 1. The molecular formula is C22H27N3O. The summed E-state index contributed by atoms with van der Waals surface area (Å²) < 4.78 is 2.08. The van der Waals surface area contributed by atoms with Crippen molar-refractivity contribution in [1.82, 2.24) is 9.55 Å². The highest BCUT2D eigenvalue weighted by Crippen LogP contribution is 2.21. The van der Waals surface area contributed by atoms with Crippen molar-refractivity contribution >= 4 is 22.6 Å². The minimum absolute atomic E-state index is 0.0827. The third-order valence-electron chi connectivity index (χ3n) is 4.44. The van der Waals surface area contributed by atoms with Crippen LogP contribution in [0.3, 0.4) is 0 Å². The first kappa shape index (κ1) is 18.2. The molecule has 3 aromatic rings. The summed E-state index contributed by atoms with van der Waals surface area (Å²) in [7, 11) is 0. The van der Waals surface area contributed by atoms with Crippen LogP contribution in [0.2, 0.25) is 0 Å². The first-order chi connectivity index (χ1) is 12.5. The zero-order valence-corrected chi connectivity index (χ0v) is 16.0. The molecule has 4 heteroatoms. The molecule has 1 aromatic heterocycles. The lowest BCUT2D eigenvalue weighted by molar-refractivity contribution is -0.119. The number of para-hydroxylation sites is 3. The van der Waals surface area contributed by atoms with Crippen molar-refractivity contribution in [2.45, 2.75) is 46.7 Å². The number of carbonyl (C=O) groups excluding carboxylic acids is 1. The fourth-order valence-corrected chi connectivity index (χ4v) is 3.35. The van der Waals surface area contributed by atoms with Crippen LogP contribution in [0.4, 0.5) is 5.69 Å². The van der Waals surface area contributed by atoms with Crippen LogP contribution in [0.15, 0.2) is 54.6 Å². The Morgan fingerprint density at radius 2 is 1.65 bits per heavy atom. The summed E-state index contributed by atoms with van der Waals surface area (Å²) in [5.74, 6) is 1.54. The first-order valence-electron chi connectivity index (χ1n) is 9.28. The Balaban J connectivity index is 1.97. The predicted molar refractivity (Wildman–Crippen MR) is 107 cm³/mol. The van der Waals surface area contributed by atoms with E-state index >= 15 is 0 Å². The molecule has 0 N–H and O–H groups in total. The predicted octanol–water partition coefficient (Wildman–Crippen LogP) is 4.68. The summed E-state index contributed by atoms with van der Waals surface area (Å²) in [5, 5.41) is 0. The summed E-state index contributed by atoms with van der Waals surface area (Å²) in [6.45, 7) is 8.75. The van der Waals surface area contributed by atoms with Gasteiger partial charge in [-0.1, -0.05) is 44.2 Å². The van der Waals surface area contributed by atoms with Crippen molar-refractivity contribution < 1.29 is 4.79 Å². The van der Waals surface area contributed by atoms with Gasteiger partial charge >= 0.3 is 0 Å². The van der Waals surface area contributed by atoms with Gasteiger partial charge in [0, 0.05) is 18.2 Å². The van der Waals surface area contributed by atoms with Crippen molar-refractivity contribution in [2.75, 3.05) is 4.90 Å². The van der Waals surface area contributed by atoms with Gasteiger partial charge in [0.1, 0.15) is 12.4 Å². The number of anilines is 1. The number of imidazole rings is 1. The van der Waals surface area contributed by atoms with E-state index in [0.717, 1.165) is 29.0 Å². The molecule has 1 amide bonds. The molecule has 0 radical (unpaired) electrons. The Bertz CT molecular complexity index is 881. The van der Waals surface area contributed by atoms with E-state index in [-0.39, 0.29) is 11.9 Å². The van der Waals surface area contributed by atoms with Gasteiger partial charge in [0.05, 0.1) is 11.0 Å². The average molecular weight is 349 g/mol. The van der Waals surface area contributed by atoms with Crippen LogP contribution < -0.4 is 4.90 Å². The highest BCUT2D eigenvalue weighted by atomic mass is 16.2. The van der Waals surface area contributed by atoms with Crippen molar-refractivity contribution in [3.8, 4) is 0 Å². The van der Waals surface area contributed by atoms with Gasteiger partial charge in [-0.05, 0) is 44.0 Å². The molecule has 0 aliphatic heterocycles. The van der Waals surface area contributed by atoms with Gasteiger partial charge in [0.25, 0.3) is 0 Å². The molecule has 0 atom stereocenters. The molecule has 4 nitrogen and oxygen atoms in total. The first-order valence-corrected chi connectivity index (χ1v) is 9.28. The Morgan fingerprint density at radius 1 is 1.00 bits per heavy atom. The number of aromatic nitrogens is 2. The minimum Gasteiger partial charge on any atom is -0.318 e. The lowest BCUT2D eigenvalue weighted by Gasteiger charge is -2.27. The number of amides is 1. The highest BCUT2D eigenvalue weighted by molar-refractivity contribution is 5.94. The van der Waals surface area contributed by atoms with Gasteiger partial charge in [-0.25, -0.2) is 4.98 Å². The van der Waals surface area contributed by atoms with Crippen LogP contribution in [0.1, 0.15) is 33.5 Å². The fourth-order valence-electron chi connectivity index (χ4n) is 3.35. The zero-order chi connectivity index (χ0) is 18.7. The van der Waals surface area contributed by atoms with E-state index in [0.29, 0.717) is 12.5 Å². The quantitative estimate of drug-likeness (QED) is 0.648. The lowest BCUT2D eigenvalue weighted by Crippen LogP contribution is -2.39. The Morgan fingerprint density at radius 3 is 2.31 bits per heavy atom. The Hall–Kier alpha value is -2.62. The Labute approximate surface area is 155 Å². The molecule has 0 saturated heterocycles.